The van der Waals surface area contributed by atoms with Gasteiger partial charge in [0.15, 0.2) is 0 Å². The highest BCUT2D eigenvalue weighted by atomic mass is 15.0. The Labute approximate surface area is 340 Å². The molecule has 9 aromatic rings. The standard InChI is InChI=1S/C54H54N4/c1-53(2,3)33-17-37-35-21-42-36(22-41(35)57-43-23-55-49-31-13-25-7-26(14-31)10-29(9-25)45(49)47(43)39(19-33)51(37)57)38-18-34(54(4,5)6)20-40-48-44(58(42)52(38)40)24-56-50-32-15-27-8-28(16-32)12-30(11-27)46(48)50/h17-32H,7-16H2,1-6H3. The van der Waals surface area contributed by atoms with Crippen molar-refractivity contribution in [2.75, 3.05) is 0 Å². The largest absolute Gasteiger partial charge is 0.306 e. The summed E-state index contributed by atoms with van der Waals surface area (Å²) in [6.45, 7) is 14.4. The second kappa shape index (κ2) is 10.1. The van der Waals surface area contributed by atoms with Gasteiger partial charge in [0.2, 0.25) is 0 Å². The number of aromatic nitrogens is 4. The minimum absolute atomic E-state index is 0.0324. The maximum absolute atomic E-state index is 5.52. The third-order valence-electron chi connectivity index (χ3n) is 17.7. The summed E-state index contributed by atoms with van der Waals surface area (Å²) in [6, 6.07) is 15.5. The van der Waals surface area contributed by atoms with Crippen molar-refractivity contribution in [2.24, 2.45) is 23.7 Å². The van der Waals surface area contributed by atoms with Gasteiger partial charge in [-0.15, -0.1) is 0 Å². The molecule has 0 amide bonds. The van der Waals surface area contributed by atoms with Crippen molar-refractivity contribution in [3.05, 3.63) is 82.4 Å². The van der Waals surface area contributed by atoms with Gasteiger partial charge in [0, 0.05) is 66.3 Å². The van der Waals surface area contributed by atoms with E-state index in [9.17, 15) is 0 Å². The molecule has 0 N–H and O–H groups in total. The van der Waals surface area contributed by atoms with Gasteiger partial charge in [0.1, 0.15) is 0 Å². The van der Waals surface area contributed by atoms with E-state index >= 15 is 0 Å². The lowest BCUT2D eigenvalue weighted by atomic mass is 9.67. The van der Waals surface area contributed by atoms with Crippen molar-refractivity contribution in [1.29, 1.82) is 0 Å². The molecule has 6 aromatic heterocycles. The van der Waals surface area contributed by atoms with E-state index in [1.54, 1.807) is 11.1 Å². The average Bonchev–Trinajstić information content (AvgIpc) is 3.83. The number of benzene rings is 3. The Balaban J connectivity index is 1.10. The normalized spacial score (nSPS) is 29.2. The van der Waals surface area contributed by atoms with Crippen LogP contribution < -0.4 is 0 Å². The highest BCUT2D eigenvalue weighted by Crippen LogP contribution is 2.60. The Morgan fingerprint density at radius 3 is 1.16 bits per heavy atom. The van der Waals surface area contributed by atoms with Crippen LogP contribution in [0.1, 0.15) is 163 Å². The molecule has 4 unspecified atom stereocenters. The first kappa shape index (κ1) is 32.4. The average molecular weight is 759 g/mol. The van der Waals surface area contributed by atoms with Crippen molar-refractivity contribution in [2.45, 2.75) is 140 Å². The van der Waals surface area contributed by atoms with Gasteiger partial charge in [-0.05, 0) is 169 Å². The zero-order valence-electron chi connectivity index (χ0n) is 35.1. The molecule has 4 heteroatoms. The Morgan fingerprint density at radius 2 is 0.776 bits per heavy atom. The van der Waals surface area contributed by atoms with Crippen molar-refractivity contribution < 1.29 is 0 Å². The van der Waals surface area contributed by atoms with Crippen LogP contribution in [-0.2, 0) is 10.8 Å². The van der Waals surface area contributed by atoms with Gasteiger partial charge < -0.3 is 8.80 Å². The molecule has 0 spiro atoms. The number of hydrogen-bond acceptors (Lipinski definition) is 2. The molecule has 3 aromatic carbocycles. The molecule has 6 heterocycles. The second-order valence-corrected chi connectivity index (χ2v) is 23.1. The summed E-state index contributed by atoms with van der Waals surface area (Å²) in [5, 5.41) is 11.6. The molecule has 4 saturated carbocycles. The molecule has 4 atom stereocenters. The summed E-state index contributed by atoms with van der Waals surface area (Å²) >= 11 is 0. The zero-order valence-corrected chi connectivity index (χ0v) is 35.1. The summed E-state index contributed by atoms with van der Waals surface area (Å²) in [6.07, 6.45) is 18.3. The molecule has 290 valence electrons. The summed E-state index contributed by atoms with van der Waals surface area (Å²) in [5.41, 5.74) is 17.3. The van der Waals surface area contributed by atoms with E-state index in [0.717, 1.165) is 23.7 Å². The van der Waals surface area contributed by atoms with E-state index in [-0.39, 0.29) is 10.8 Å². The molecule has 8 aliphatic rings. The first-order valence-corrected chi connectivity index (χ1v) is 23.2. The number of nitrogens with zero attached hydrogens (tertiary/aromatic N) is 4. The van der Waals surface area contributed by atoms with Crippen LogP contribution in [0.2, 0.25) is 0 Å². The SMILES string of the molecule is CC(C)(C)c1cc2c3cc4c(cc3n3c5cnc6c(c5c(c1)c23)C1CC2CC(CC6C2)C1)c1cc(C(C)(C)C)cc2c3c5c(ncc3n4c12)C1CC2CC(C1)CC5C2. The predicted molar refractivity (Wildman–Crippen MR) is 240 cm³/mol. The van der Waals surface area contributed by atoms with Gasteiger partial charge >= 0.3 is 0 Å². The maximum atomic E-state index is 5.52. The number of hydrogen-bond donors (Lipinski definition) is 0. The highest BCUT2D eigenvalue weighted by molar-refractivity contribution is 6.29. The second-order valence-electron chi connectivity index (χ2n) is 23.1. The van der Waals surface area contributed by atoms with Gasteiger partial charge in [0.05, 0.1) is 45.5 Å². The molecule has 17 rings (SSSR count). The smallest absolute Gasteiger partial charge is 0.0728 e. The lowest BCUT2D eigenvalue weighted by Crippen LogP contribution is -2.25. The van der Waals surface area contributed by atoms with Crippen molar-refractivity contribution in [1.82, 2.24) is 18.8 Å². The van der Waals surface area contributed by atoms with E-state index in [4.69, 9.17) is 9.97 Å². The Bertz CT molecular complexity index is 3070. The maximum Gasteiger partial charge on any atom is 0.0728 e. The molecule has 58 heavy (non-hydrogen) atoms. The van der Waals surface area contributed by atoms with Crippen LogP contribution in [0, 0.1) is 23.7 Å². The van der Waals surface area contributed by atoms with E-state index in [2.05, 4.69) is 99.1 Å². The van der Waals surface area contributed by atoms with Crippen molar-refractivity contribution >= 4 is 76.2 Å². The van der Waals surface area contributed by atoms with Crippen LogP contribution in [0.25, 0.3) is 76.2 Å². The van der Waals surface area contributed by atoms with Gasteiger partial charge in [0.25, 0.3) is 0 Å². The molecule has 0 aliphatic heterocycles. The first-order chi connectivity index (χ1) is 27.9. The van der Waals surface area contributed by atoms with Crippen LogP contribution >= 0.6 is 0 Å². The van der Waals surface area contributed by atoms with E-state index in [1.165, 1.54) is 163 Å². The molecule has 8 bridgehead atoms. The Hall–Kier alpha value is -4.44. The third kappa shape index (κ3) is 3.83. The van der Waals surface area contributed by atoms with Gasteiger partial charge in [-0.2, -0.15) is 0 Å². The lowest BCUT2D eigenvalue weighted by Gasteiger charge is -2.38. The Morgan fingerprint density at radius 1 is 0.414 bits per heavy atom. The summed E-state index contributed by atoms with van der Waals surface area (Å²) in [7, 11) is 0. The predicted octanol–water partition coefficient (Wildman–Crippen LogP) is 14.2. The van der Waals surface area contributed by atoms with Crippen molar-refractivity contribution in [3.8, 4) is 0 Å². The van der Waals surface area contributed by atoms with Crippen LogP contribution in [0.5, 0.6) is 0 Å². The number of fused-ring (bicyclic) bond motifs is 12. The van der Waals surface area contributed by atoms with Crippen LogP contribution in [0.15, 0.2) is 48.8 Å². The molecule has 0 saturated heterocycles. The van der Waals surface area contributed by atoms with E-state index in [0.29, 0.717) is 23.7 Å². The molecule has 4 nitrogen and oxygen atoms in total. The van der Waals surface area contributed by atoms with Gasteiger partial charge in [-0.3, -0.25) is 9.97 Å². The van der Waals surface area contributed by atoms with Crippen LogP contribution in [-0.4, -0.2) is 18.8 Å². The van der Waals surface area contributed by atoms with Crippen molar-refractivity contribution in [3.63, 3.8) is 0 Å². The fraction of sp³-hybridized carbons (Fsp3) is 0.481. The van der Waals surface area contributed by atoms with Crippen LogP contribution in [0.3, 0.4) is 0 Å². The van der Waals surface area contributed by atoms with Crippen LogP contribution in [0.4, 0.5) is 0 Å². The molecule has 0 radical (unpaired) electrons. The summed E-state index contributed by atoms with van der Waals surface area (Å²) in [5.74, 6) is 6.06. The molecular weight excluding hydrogens is 705 g/mol. The van der Waals surface area contributed by atoms with E-state index in [1.807, 2.05) is 0 Å². The summed E-state index contributed by atoms with van der Waals surface area (Å²) < 4.78 is 5.32. The lowest BCUT2D eigenvalue weighted by molar-refractivity contribution is 0.165. The molecule has 8 aliphatic carbocycles. The minimum atomic E-state index is 0.0324. The third-order valence-corrected chi connectivity index (χ3v) is 17.7. The number of pyridine rings is 2. The Kier molecular flexibility index (Phi) is 5.65. The highest BCUT2D eigenvalue weighted by Gasteiger charge is 2.46. The molecular formula is C54H54N4. The minimum Gasteiger partial charge on any atom is -0.306 e. The van der Waals surface area contributed by atoms with Gasteiger partial charge in [-0.1, -0.05) is 41.5 Å². The summed E-state index contributed by atoms with van der Waals surface area (Å²) in [4.78, 5) is 11.0. The van der Waals surface area contributed by atoms with Gasteiger partial charge in [-0.25, -0.2) is 0 Å². The fourth-order valence-electron chi connectivity index (χ4n) is 15.6. The number of rotatable bonds is 0. The first-order valence-electron chi connectivity index (χ1n) is 23.2. The molecule has 4 fully saturated rings. The monoisotopic (exact) mass is 758 g/mol. The topological polar surface area (TPSA) is 34.6 Å². The fourth-order valence-corrected chi connectivity index (χ4v) is 15.6. The quantitative estimate of drug-likeness (QED) is 0.154. The zero-order chi connectivity index (χ0) is 38.5. The van der Waals surface area contributed by atoms with E-state index < -0.39 is 0 Å².